The highest BCUT2D eigenvalue weighted by molar-refractivity contribution is 5.87. The Bertz CT molecular complexity index is 625. The number of aromatic nitrogens is 1. The molecule has 0 radical (unpaired) electrons. The van der Waals surface area contributed by atoms with Crippen LogP contribution in [0.3, 0.4) is 0 Å². The molecule has 1 atom stereocenters. The summed E-state index contributed by atoms with van der Waals surface area (Å²) in [4.78, 5) is 18.0. The minimum absolute atomic E-state index is 0.154. The number of H-pyrrole nitrogens is 1. The van der Waals surface area contributed by atoms with Gasteiger partial charge in [0, 0.05) is 35.6 Å². The minimum Gasteiger partial charge on any atom is -0.358 e. The standard InChI is InChI=1S/C17H22N2O/c1-3-19(4-2)17(20)12-9-10-16-14(11-12)13-7-5-6-8-15(13)18-16/h5-8,12,18H,3-4,9-11H2,1-2H3. The van der Waals surface area contributed by atoms with Crippen LogP contribution in [0.1, 0.15) is 31.5 Å². The number of fused-ring (bicyclic) bond motifs is 3. The zero-order valence-corrected chi connectivity index (χ0v) is 12.3. The number of amides is 1. The molecule has 0 spiro atoms. The fraction of sp³-hybridized carbons (Fsp3) is 0.471. The molecule has 1 amide bonds. The predicted molar refractivity (Wildman–Crippen MR) is 81.7 cm³/mol. The average Bonchev–Trinajstić information content (AvgIpc) is 2.86. The van der Waals surface area contributed by atoms with Crippen LogP contribution in [-0.2, 0) is 17.6 Å². The molecule has 1 aliphatic carbocycles. The van der Waals surface area contributed by atoms with Crippen molar-refractivity contribution in [2.24, 2.45) is 5.92 Å². The first-order valence-electron chi connectivity index (χ1n) is 7.61. The fourth-order valence-corrected chi connectivity index (χ4v) is 3.37. The van der Waals surface area contributed by atoms with E-state index in [1.807, 2.05) is 4.90 Å². The first-order chi connectivity index (χ1) is 9.74. The number of benzene rings is 1. The van der Waals surface area contributed by atoms with Gasteiger partial charge in [0.25, 0.3) is 0 Å². The molecule has 3 rings (SSSR count). The molecular weight excluding hydrogens is 248 g/mol. The van der Waals surface area contributed by atoms with Gasteiger partial charge in [0.15, 0.2) is 0 Å². The van der Waals surface area contributed by atoms with E-state index in [0.29, 0.717) is 5.91 Å². The molecule has 1 aliphatic rings. The third kappa shape index (κ3) is 2.11. The van der Waals surface area contributed by atoms with E-state index in [2.05, 4.69) is 43.1 Å². The number of nitrogens with one attached hydrogen (secondary N) is 1. The van der Waals surface area contributed by atoms with E-state index in [4.69, 9.17) is 0 Å². The quantitative estimate of drug-likeness (QED) is 0.914. The van der Waals surface area contributed by atoms with Crippen LogP contribution in [0.2, 0.25) is 0 Å². The summed E-state index contributed by atoms with van der Waals surface area (Å²) < 4.78 is 0. The van der Waals surface area contributed by atoms with Gasteiger partial charge >= 0.3 is 0 Å². The molecule has 106 valence electrons. The maximum atomic E-state index is 12.5. The molecule has 1 aromatic carbocycles. The van der Waals surface area contributed by atoms with E-state index in [-0.39, 0.29) is 5.92 Å². The van der Waals surface area contributed by atoms with E-state index in [1.54, 1.807) is 0 Å². The van der Waals surface area contributed by atoms with Crippen molar-refractivity contribution < 1.29 is 4.79 Å². The normalized spacial score (nSPS) is 18.0. The number of carbonyl (C=O) groups excluding carboxylic acids is 1. The van der Waals surface area contributed by atoms with Gasteiger partial charge < -0.3 is 9.88 Å². The first-order valence-corrected chi connectivity index (χ1v) is 7.61. The van der Waals surface area contributed by atoms with Crippen molar-refractivity contribution >= 4 is 16.8 Å². The molecule has 20 heavy (non-hydrogen) atoms. The Morgan fingerprint density at radius 3 is 2.80 bits per heavy atom. The van der Waals surface area contributed by atoms with Gasteiger partial charge in [-0.15, -0.1) is 0 Å². The van der Waals surface area contributed by atoms with Crippen molar-refractivity contribution in [2.75, 3.05) is 13.1 Å². The van der Waals surface area contributed by atoms with E-state index < -0.39 is 0 Å². The summed E-state index contributed by atoms with van der Waals surface area (Å²) >= 11 is 0. The van der Waals surface area contributed by atoms with Gasteiger partial charge in [-0.05, 0) is 44.7 Å². The molecule has 1 heterocycles. The van der Waals surface area contributed by atoms with Crippen LogP contribution in [0.15, 0.2) is 24.3 Å². The Hall–Kier alpha value is -1.77. The topological polar surface area (TPSA) is 36.1 Å². The molecule has 0 aliphatic heterocycles. The maximum Gasteiger partial charge on any atom is 0.226 e. The third-order valence-corrected chi connectivity index (χ3v) is 4.52. The SMILES string of the molecule is CCN(CC)C(=O)C1CCc2[nH]c3ccccc3c2C1. The molecule has 0 fully saturated rings. The smallest absolute Gasteiger partial charge is 0.226 e. The monoisotopic (exact) mass is 270 g/mol. The number of para-hydroxylation sites is 1. The van der Waals surface area contributed by atoms with Crippen molar-refractivity contribution in [2.45, 2.75) is 33.1 Å². The number of nitrogens with zero attached hydrogens (tertiary/aromatic N) is 1. The van der Waals surface area contributed by atoms with E-state index in [9.17, 15) is 4.79 Å². The Morgan fingerprint density at radius 2 is 2.05 bits per heavy atom. The maximum absolute atomic E-state index is 12.5. The fourth-order valence-electron chi connectivity index (χ4n) is 3.37. The van der Waals surface area contributed by atoms with Crippen LogP contribution < -0.4 is 0 Å². The number of carbonyl (C=O) groups is 1. The second kappa shape index (κ2) is 5.31. The van der Waals surface area contributed by atoms with Crippen LogP contribution in [-0.4, -0.2) is 28.9 Å². The molecule has 1 N–H and O–H groups in total. The van der Waals surface area contributed by atoms with Gasteiger partial charge in [-0.25, -0.2) is 0 Å². The lowest BCUT2D eigenvalue weighted by Gasteiger charge is -2.27. The minimum atomic E-state index is 0.154. The van der Waals surface area contributed by atoms with Crippen molar-refractivity contribution in [1.82, 2.24) is 9.88 Å². The van der Waals surface area contributed by atoms with Gasteiger partial charge in [-0.2, -0.15) is 0 Å². The van der Waals surface area contributed by atoms with Crippen LogP contribution >= 0.6 is 0 Å². The lowest BCUT2D eigenvalue weighted by Crippen LogP contribution is -2.38. The van der Waals surface area contributed by atoms with E-state index >= 15 is 0 Å². The molecule has 3 heteroatoms. The molecule has 1 aromatic heterocycles. The highest BCUT2D eigenvalue weighted by Gasteiger charge is 2.29. The van der Waals surface area contributed by atoms with Gasteiger partial charge in [-0.3, -0.25) is 4.79 Å². The first kappa shape index (κ1) is 13.2. The average molecular weight is 270 g/mol. The number of hydrogen-bond acceptors (Lipinski definition) is 1. The van der Waals surface area contributed by atoms with Crippen LogP contribution in [0.25, 0.3) is 10.9 Å². The lowest BCUT2D eigenvalue weighted by molar-refractivity contribution is -0.135. The Morgan fingerprint density at radius 1 is 1.30 bits per heavy atom. The summed E-state index contributed by atoms with van der Waals surface area (Å²) in [6.45, 7) is 5.74. The van der Waals surface area contributed by atoms with E-state index in [0.717, 1.165) is 32.4 Å². The van der Waals surface area contributed by atoms with Crippen LogP contribution in [0.4, 0.5) is 0 Å². The van der Waals surface area contributed by atoms with Gasteiger partial charge in [0.2, 0.25) is 5.91 Å². The number of aryl methyl sites for hydroxylation is 1. The summed E-state index contributed by atoms with van der Waals surface area (Å²) in [5.41, 5.74) is 3.89. The Kier molecular flexibility index (Phi) is 3.51. The molecule has 0 saturated heterocycles. The second-order valence-electron chi connectivity index (χ2n) is 5.58. The summed E-state index contributed by atoms with van der Waals surface area (Å²) in [6, 6.07) is 8.42. The molecule has 3 nitrogen and oxygen atoms in total. The second-order valence-corrected chi connectivity index (χ2v) is 5.58. The van der Waals surface area contributed by atoms with Crippen molar-refractivity contribution in [3.05, 3.63) is 35.5 Å². The molecular formula is C17H22N2O. The lowest BCUT2D eigenvalue weighted by atomic mass is 9.85. The Labute approximate surface area is 120 Å². The summed E-state index contributed by atoms with van der Waals surface area (Å²) in [7, 11) is 0. The van der Waals surface area contributed by atoms with Gasteiger partial charge in [0.1, 0.15) is 0 Å². The summed E-state index contributed by atoms with van der Waals surface area (Å²) in [6.07, 6.45) is 2.84. The van der Waals surface area contributed by atoms with Gasteiger partial charge in [-0.1, -0.05) is 18.2 Å². The van der Waals surface area contributed by atoms with Crippen molar-refractivity contribution in [1.29, 1.82) is 0 Å². The van der Waals surface area contributed by atoms with Crippen molar-refractivity contribution in [3.63, 3.8) is 0 Å². The molecule has 1 unspecified atom stereocenters. The molecule has 0 saturated carbocycles. The number of rotatable bonds is 3. The zero-order chi connectivity index (χ0) is 14.1. The summed E-state index contributed by atoms with van der Waals surface area (Å²) in [5, 5.41) is 1.29. The van der Waals surface area contributed by atoms with E-state index in [1.165, 1.54) is 22.2 Å². The van der Waals surface area contributed by atoms with Crippen molar-refractivity contribution in [3.8, 4) is 0 Å². The largest absolute Gasteiger partial charge is 0.358 e. The predicted octanol–water partition coefficient (Wildman–Crippen LogP) is 3.14. The van der Waals surface area contributed by atoms with Crippen LogP contribution in [0, 0.1) is 5.92 Å². The van der Waals surface area contributed by atoms with Gasteiger partial charge in [0.05, 0.1) is 0 Å². The summed E-state index contributed by atoms with van der Waals surface area (Å²) in [5.74, 6) is 0.479. The molecule has 2 aromatic rings. The Balaban J connectivity index is 1.89. The third-order valence-electron chi connectivity index (χ3n) is 4.52. The zero-order valence-electron chi connectivity index (χ0n) is 12.3. The number of aromatic amines is 1. The van der Waals surface area contributed by atoms with Crippen LogP contribution in [0.5, 0.6) is 0 Å². The molecule has 0 bridgehead atoms. The highest BCUT2D eigenvalue weighted by atomic mass is 16.2. The number of hydrogen-bond donors (Lipinski definition) is 1. The highest BCUT2D eigenvalue weighted by Crippen LogP contribution is 2.32.